The molecule has 0 unspecified atom stereocenters. The number of nitrogens with zero attached hydrogens (tertiary/aromatic N) is 1. The van der Waals surface area contributed by atoms with Gasteiger partial charge in [-0.25, -0.2) is 0 Å². The molecule has 0 bridgehead atoms. The molecule has 0 fully saturated rings. The molecule has 1 amide bonds. The molecule has 0 aliphatic carbocycles. The van der Waals surface area contributed by atoms with E-state index in [1.807, 2.05) is 12.1 Å². The maximum Gasteiger partial charge on any atom is 0.224 e. The SMILES string of the molecule is C[C](Cc1ccncc1)C(N)=O. The minimum Gasteiger partial charge on any atom is -0.369 e. The van der Waals surface area contributed by atoms with Crippen molar-refractivity contribution in [2.24, 2.45) is 5.73 Å². The first-order chi connectivity index (χ1) is 5.70. The van der Waals surface area contributed by atoms with E-state index in [0.717, 1.165) is 5.56 Å². The molecule has 0 aliphatic heterocycles. The van der Waals surface area contributed by atoms with Crippen LogP contribution in [-0.4, -0.2) is 10.9 Å². The maximum absolute atomic E-state index is 10.7. The van der Waals surface area contributed by atoms with Crippen LogP contribution in [0.25, 0.3) is 0 Å². The molecule has 1 radical (unpaired) electrons. The fourth-order valence-corrected chi connectivity index (χ4v) is 0.894. The number of amides is 1. The van der Waals surface area contributed by atoms with Gasteiger partial charge in [-0.3, -0.25) is 9.78 Å². The molecule has 0 saturated carbocycles. The average Bonchev–Trinajstić information content (AvgIpc) is 2.06. The van der Waals surface area contributed by atoms with Crippen LogP contribution in [0, 0.1) is 5.92 Å². The molecule has 0 spiro atoms. The summed E-state index contributed by atoms with van der Waals surface area (Å²) in [5.41, 5.74) is 6.15. The Morgan fingerprint density at radius 1 is 1.50 bits per heavy atom. The molecule has 63 valence electrons. The van der Waals surface area contributed by atoms with Gasteiger partial charge in [-0.2, -0.15) is 0 Å². The summed E-state index contributed by atoms with van der Waals surface area (Å²) >= 11 is 0. The zero-order chi connectivity index (χ0) is 8.97. The van der Waals surface area contributed by atoms with Gasteiger partial charge in [-0.1, -0.05) is 0 Å². The summed E-state index contributed by atoms with van der Waals surface area (Å²) in [5.74, 6) is 0.327. The molecular formula is C9H11N2O. The van der Waals surface area contributed by atoms with E-state index in [-0.39, 0.29) is 5.91 Å². The van der Waals surface area contributed by atoms with E-state index in [4.69, 9.17) is 5.73 Å². The Morgan fingerprint density at radius 3 is 2.58 bits per heavy atom. The van der Waals surface area contributed by atoms with Crippen molar-refractivity contribution in [1.82, 2.24) is 4.98 Å². The second-order valence-corrected chi connectivity index (χ2v) is 2.68. The number of nitrogens with two attached hydrogens (primary N) is 1. The van der Waals surface area contributed by atoms with E-state index in [0.29, 0.717) is 12.3 Å². The van der Waals surface area contributed by atoms with Crippen molar-refractivity contribution < 1.29 is 4.79 Å². The van der Waals surface area contributed by atoms with E-state index < -0.39 is 0 Å². The van der Waals surface area contributed by atoms with Gasteiger partial charge in [-0.05, 0) is 31.0 Å². The van der Waals surface area contributed by atoms with E-state index >= 15 is 0 Å². The third kappa shape index (κ3) is 2.34. The van der Waals surface area contributed by atoms with Gasteiger partial charge in [0, 0.05) is 12.4 Å². The van der Waals surface area contributed by atoms with Crippen LogP contribution in [0.5, 0.6) is 0 Å². The molecule has 1 rings (SSSR count). The first kappa shape index (κ1) is 8.71. The summed E-state index contributed by atoms with van der Waals surface area (Å²) in [6.45, 7) is 1.74. The number of hydrogen-bond acceptors (Lipinski definition) is 2. The molecule has 0 atom stereocenters. The van der Waals surface area contributed by atoms with Crippen LogP contribution in [0.2, 0.25) is 0 Å². The Balaban J connectivity index is 2.58. The van der Waals surface area contributed by atoms with Crippen molar-refractivity contribution in [3.05, 3.63) is 36.0 Å². The number of primary amides is 1. The van der Waals surface area contributed by atoms with Crippen LogP contribution < -0.4 is 5.73 Å². The van der Waals surface area contributed by atoms with E-state index in [1.54, 1.807) is 19.3 Å². The molecule has 3 nitrogen and oxygen atoms in total. The van der Waals surface area contributed by atoms with Crippen molar-refractivity contribution in [3.8, 4) is 0 Å². The van der Waals surface area contributed by atoms with Crippen LogP contribution in [0.3, 0.4) is 0 Å². The lowest BCUT2D eigenvalue weighted by Gasteiger charge is -2.04. The largest absolute Gasteiger partial charge is 0.369 e. The highest BCUT2D eigenvalue weighted by Gasteiger charge is 2.09. The average molecular weight is 163 g/mol. The Labute approximate surface area is 71.6 Å². The predicted molar refractivity (Wildman–Crippen MR) is 46.1 cm³/mol. The molecule has 1 aromatic rings. The lowest BCUT2D eigenvalue weighted by atomic mass is 10.0. The third-order valence-corrected chi connectivity index (χ3v) is 1.64. The zero-order valence-electron chi connectivity index (χ0n) is 6.95. The number of hydrogen-bond donors (Lipinski definition) is 1. The highest BCUT2D eigenvalue weighted by Crippen LogP contribution is 2.07. The lowest BCUT2D eigenvalue weighted by Crippen LogP contribution is -2.20. The van der Waals surface area contributed by atoms with E-state index in [1.165, 1.54) is 0 Å². The van der Waals surface area contributed by atoms with Gasteiger partial charge in [0.15, 0.2) is 0 Å². The van der Waals surface area contributed by atoms with Crippen molar-refractivity contribution in [2.75, 3.05) is 0 Å². The van der Waals surface area contributed by atoms with Gasteiger partial charge in [0.25, 0.3) is 0 Å². The van der Waals surface area contributed by atoms with Gasteiger partial charge in [0.2, 0.25) is 5.91 Å². The smallest absolute Gasteiger partial charge is 0.224 e. The first-order valence-electron chi connectivity index (χ1n) is 3.71. The van der Waals surface area contributed by atoms with Crippen molar-refractivity contribution in [3.63, 3.8) is 0 Å². The Morgan fingerprint density at radius 2 is 2.08 bits per heavy atom. The number of carbonyl (C=O) groups is 1. The lowest BCUT2D eigenvalue weighted by molar-refractivity contribution is -0.116. The second-order valence-electron chi connectivity index (χ2n) is 2.68. The topological polar surface area (TPSA) is 56.0 Å². The predicted octanol–water partition coefficient (Wildman–Crippen LogP) is 0.704. The van der Waals surface area contributed by atoms with Gasteiger partial charge < -0.3 is 5.73 Å². The van der Waals surface area contributed by atoms with Gasteiger partial charge >= 0.3 is 0 Å². The summed E-state index contributed by atoms with van der Waals surface area (Å²) in [6, 6.07) is 3.74. The van der Waals surface area contributed by atoms with Crippen molar-refractivity contribution in [2.45, 2.75) is 13.3 Å². The number of aromatic nitrogens is 1. The molecular weight excluding hydrogens is 152 g/mol. The highest BCUT2D eigenvalue weighted by atomic mass is 16.1. The Hall–Kier alpha value is -1.38. The number of carbonyl (C=O) groups excluding carboxylic acids is 1. The summed E-state index contributed by atoms with van der Waals surface area (Å²) in [5, 5.41) is 0. The number of pyridine rings is 1. The Bertz CT molecular complexity index is 258. The van der Waals surface area contributed by atoms with Crippen molar-refractivity contribution in [1.29, 1.82) is 0 Å². The second kappa shape index (κ2) is 3.85. The van der Waals surface area contributed by atoms with E-state index in [2.05, 4.69) is 4.98 Å². The molecule has 0 aliphatic rings. The van der Waals surface area contributed by atoms with Crippen LogP contribution in [0.1, 0.15) is 12.5 Å². The monoisotopic (exact) mass is 163 g/mol. The third-order valence-electron chi connectivity index (χ3n) is 1.64. The van der Waals surface area contributed by atoms with E-state index in [9.17, 15) is 4.79 Å². The Kier molecular flexibility index (Phi) is 2.80. The summed E-state index contributed by atoms with van der Waals surface area (Å²) in [6.07, 6.45) is 4.01. The first-order valence-corrected chi connectivity index (χ1v) is 3.71. The normalized spacial score (nSPS) is 10.2. The molecule has 0 aromatic carbocycles. The van der Waals surface area contributed by atoms with Crippen molar-refractivity contribution >= 4 is 5.91 Å². The minimum atomic E-state index is -0.341. The zero-order valence-corrected chi connectivity index (χ0v) is 6.95. The number of rotatable bonds is 3. The summed E-state index contributed by atoms with van der Waals surface area (Å²) in [4.78, 5) is 14.5. The van der Waals surface area contributed by atoms with Gasteiger partial charge in [0.05, 0.1) is 5.92 Å². The van der Waals surface area contributed by atoms with Crippen LogP contribution in [0.15, 0.2) is 24.5 Å². The molecule has 1 heterocycles. The summed E-state index contributed by atoms with van der Waals surface area (Å²) in [7, 11) is 0. The molecule has 0 saturated heterocycles. The van der Waals surface area contributed by atoms with Gasteiger partial charge in [0.1, 0.15) is 0 Å². The molecule has 1 aromatic heterocycles. The van der Waals surface area contributed by atoms with Gasteiger partial charge in [-0.15, -0.1) is 0 Å². The quantitative estimate of drug-likeness (QED) is 0.713. The minimum absolute atomic E-state index is 0.341. The van der Waals surface area contributed by atoms with Crippen LogP contribution in [-0.2, 0) is 11.2 Å². The van der Waals surface area contributed by atoms with Crippen LogP contribution >= 0.6 is 0 Å². The molecule has 12 heavy (non-hydrogen) atoms. The highest BCUT2D eigenvalue weighted by molar-refractivity contribution is 5.88. The fourth-order valence-electron chi connectivity index (χ4n) is 0.894. The van der Waals surface area contributed by atoms with Crippen LogP contribution in [0.4, 0.5) is 0 Å². The molecule has 2 N–H and O–H groups in total. The fraction of sp³-hybridized carbons (Fsp3) is 0.222. The standard InChI is InChI=1S/C9H11N2O/c1-7(9(10)12)6-8-2-4-11-5-3-8/h2-5H,6H2,1H3,(H2,10,12). The maximum atomic E-state index is 10.7. The molecule has 3 heteroatoms. The summed E-state index contributed by atoms with van der Waals surface area (Å²) < 4.78 is 0.